The van der Waals surface area contributed by atoms with Gasteiger partial charge in [-0.1, -0.05) is 18.2 Å². The molecule has 0 atom stereocenters. The molecule has 0 amide bonds. The molecule has 0 unspecified atom stereocenters. The van der Waals surface area contributed by atoms with E-state index in [9.17, 15) is 9.90 Å². The molecule has 4 aromatic rings. The highest BCUT2D eigenvalue weighted by molar-refractivity contribution is 6.08. The van der Waals surface area contributed by atoms with Crippen molar-refractivity contribution in [3.8, 4) is 28.6 Å². The maximum Gasteiger partial charge on any atom is 0.211 e. The largest absolute Gasteiger partial charge is 0.502 e. The molecule has 136 valence electrons. The smallest absolute Gasteiger partial charge is 0.211 e. The lowest BCUT2D eigenvalue weighted by Crippen LogP contribution is -2.03. The first-order valence-electron chi connectivity index (χ1n) is 8.23. The number of hydrogen-bond acceptors (Lipinski definition) is 5. The molecule has 0 bridgehead atoms. The van der Waals surface area contributed by atoms with Gasteiger partial charge in [-0.3, -0.25) is 4.79 Å². The summed E-state index contributed by atoms with van der Waals surface area (Å²) in [7, 11) is 2.82. The number of aromatic amines is 2. The number of rotatable bonds is 5. The van der Waals surface area contributed by atoms with Gasteiger partial charge in [0.25, 0.3) is 0 Å². The second kappa shape index (κ2) is 6.53. The Balaban J connectivity index is 1.72. The summed E-state index contributed by atoms with van der Waals surface area (Å²) >= 11 is 0. The summed E-state index contributed by atoms with van der Waals surface area (Å²) in [6, 6.07) is 10.8. The first kappa shape index (κ1) is 16.7. The summed E-state index contributed by atoms with van der Waals surface area (Å²) in [5, 5.41) is 11.0. The molecule has 4 rings (SSSR count). The zero-order valence-electron chi connectivity index (χ0n) is 14.7. The Labute approximate surface area is 154 Å². The van der Waals surface area contributed by atoms with Gasteiger partial charge in [0.2, 0.25) is 11.5 Å². The highest BCUT2D eigenvalue weighted by Crippen LogP contribution is 2.37. The number of H-pyrrole nitrogens is 2. The molecule has 0 aliphatic rings. The molecular weight excluding hydrogens is 346 g/mol. The van der Waals surface area contributed by atoms with Gasteiger partial charge >= 0.3 is 0 Å². The Kier molecular flexibility index (Phi) is 4.04. The molecule has 7 heteroatoms. The first-order valence-corrected chi connectivity index (χ1v) is 8.23. The molecule has 2 aromatic carbocycles. The second-order valence-electron chi connectivity index (χ2n) is 5.95. The Hall–Kier alpha value is -3.74. The van der Waals surface area contributed by atoms with Crippen LogP contribution in [0.1, 0.15) is 16.1 Å². The summed E-state index contributed by atoms with van der Waals surface area (Å²) in [5.74, 6) is 0.475. The number of phenols is 1. The average Bonchev–Trinajstić information content (AvgIpc) is 3.34. The molecule has 2 aromatic heterocycles. The number of nitrogens with zero attached hydrogens (tertiary/aromatic N) is 1. The number of phenolic OH excluding ortho intramolecular Hbond substituents is 1. The van der Waals surface area contributed by atoms with E-state index in [0.29, 0.717) is 17.1 Å². The number of ether oxygens (including phenoxy) is 2. The van der Waals surface area contributed by atoms with Gasteiger partial charge in [0, 0.05) is 28.2 Å². The second-order valence-corrected chi connectivity index (χ2v) is 5.95. The van der Waals surface area contributed by atoms with Crippen LogP contribution in [0, 0.1) is 0 Å². The molecule has 27 heavy (non-hydrogen) atoms. The number of carbonyl (C=O) groups is 1. The average molecular weight is 363 g/mol. The van der Waals surface area contributed by atoms with E-state index in [4.69, 9.17) is 9.47 Å². The maximum atomic E-state index is 12.9. The fraction of sp³-hybridized carbons (Fsp3) is 0.100. The summed E-state index contributed by atoms with van der Waals surface area (Å²) in [6.07, 6.45) is 3.34. The molecule has 0 aliphatic carbocycles. The Morgan fingerprint density at radius 1 is 1.11 bits per heavy atom. The van der Waals surface area contributed by atoms with Crippen LogP contribution in [-0.4, -0.2) is 40.1 Å². The number of imidazole rings is 1. The number of nitrogens with one attached hydrogen (secondary N) is 2. The molecule has 2 heterocycles. The van der Waals surface area contributed by atoms with Crippen molar-refractivity contribution in [2.45, 2.75) is 0 Å². The number of benzene rings is 2. The molecule has 7 nitrogen and oxygen atoms in total. The van der Waals surface area contributed by atoms with Crippen LogP contribution in [0.15, 0.2) is 48.8 Å². The van der Waals surface area contributed by atoms with Crippen molar-refractivity contribution in [1.82, 2.24) is 15.0 Å². The normalized spacial score (nSPS) is 10.9. The topological polar surface area (TPSA) is 100 Å². The van der Waals surface area contributed by atoms with Crippen molar-refractivity contribution in [2.24, 2.45) is 0 Å². The van der Waals surface area contributed by atoms with Crippen molar-refractivity contribution in [2.75, 3.05) is 14.2 Å². The minimum atomic E-state index is -0.287. The molecule has 0 radical (unpaired) electrons. The first-order chi connectivity index (χ1) is 13.1. The highest BCUT2D eigenvalue weighted by atomic mass is 16.5. The number of fused-ring (bicyclic) bond motifs is 1. The lowest BCUT2D eigenvalue weighted by molar-refractivity contribution is 0.103. The Morgan fingerprint density at radius 3 is 2.52 bits per heavy atom. The van der Waals surface area contributed by atoms with Crippen LogP contribution in [0.2, 0.25) is 0 Å². The van der Waals surface area contributed by atoms with E-state index >= 15 is 0 Å². The van der Waals surface area contributed by atoms with Gasteiger partial charge in [0.15, 0.2) is 11.5 Å². The van der Waals surface area contributed by atoms with Gasteiger partial charge < -0.3 is 24.5 Å². The van der Waals surface area contributed by atoms with E-state index in [1.807, 2.05) is 30.5 Å². The Bertz CT molecular complexity index is 1120. The zero-order valence-corrected chi connectivity index (χ0v) is 14.7. The summed E-state index contributed by atoms with van der Waals surface area (Å²) in [6.45, 7) is 0. The summed E-state index contributed by atoms with van der Waals surface area (Å²) in [5.41, 5.74) is 2.51. The van der Waals surface area contributed by atoms with E-state index in [-0.39, 0.29) is 23.0 Å². The van der Waals surface area contributed by atoms with E-state index in [1.54, 1.807) is 0 Å². The fourth-order valence-electron chi connectivity index (χ4n) is 3.02. The van der Waals surface area contributed by atoms with E-state index in [2.05, 4.69) is 15.0 Å². The van der Waals surface area contributed by atoms with Gasteiger partial charge in [0.05, 0.1) is 20.4 Å². The van der Waals surface area contributed by atoms with Crippen LogP contribution in [0.25, 0.3) is 22.3 Å². The third kappa shape index (κ3) is 2.79. The third-order valence-electron chi connectivity index (χ3n) is 4.41. The molecule has 0 saturated heterocycles. The quantitative estimate of drug-likeness (QED) is 0.471. The van der Waals surface area contributed by atoms with Crippen LogP contribution in [0.4, 0.5) is 0 Å². The predicted molar refractivity (Wildman–Crippen MR) is 101 cm³/mol. The standard InChI is InChI=1S/C20H17N3O4/c1-26-16-7-11(8-17(27-2)19(16)25)18(24)15-10-22-20(23-15)13-9-21-14-6-4-3-5-12(13)14/h3-10,21,25H,1-2H3,(H,22,23). The van der Waals surface area contributed by atoms with Crippen LogP contribution in [-0.2, 0) is 0 Å². The van der Waals surface area contributed by atoms with Crippen LogP contribution in [0.3, 0.4) is 0 Å². The van der Waals surface area contributed by atoms with Gasteiger partial charge in [-0.05, 0) is 18.2 Å². The van der Waals surface area contributed by atoms with E-state index in [1.165, 1.54) is 32.5 Å². The number of carbonyl (C=O) groups excluding carboxylic acids is 1. The van der Waals surface area contributed by atoms with Crippen molar-refractivity contribution >= 4 is 16.7 Å². The van der Waals surface area contributed by atoms with Gasteiger partial charge in [-0.25, -0.2) is 4.98 Å². The van der Waals surface area contributed by atoms with Gasteiger partial charge in [0.1, 0.15) is 11.5 Å². The molecule has 0 spiro atoms. The van der Waals surface area contributed by atoms with Crippen LogP contribution in [0.5, 0.6) is 17.2 Å². The summed E-state index contributed by atoms with van der Waals surface area (Å²) < 4.78 is 10.2. The number of para-hydroxylation sites is 1. The third-order valence-corrected chi connectivity index (χ3v) is 4.41. The lowest BCUT2D eigenvalue weighted by Gasteiger charge is -2.10. The number of hydrogen-bond donors (Lipinski definition) is 3. The number of methoxy groups -OCH3 is 2. The highest BCUT2D eigenvalue weighted by Gasteiger charge is 2.19. The van der Waals surface area contributed by atoms with Gasteiger partial charge in [-0.2, -0.15) is 0 Å². The predicted octanol–water partition coefficient (Wildman–Crippen LogP) is 3.51. The SMILES string of the molecule is COc1cc(C(=O)c2cnc(-c3c[nH]c4ccccc34)[nH]2)cc(OC)c1O. The van der Waals surface area contributed by atoms with Crippen LogP contribution >= 0.6 is 0 Å². The monoisotopic (exact) mass is 363 g/mol. The molecule has 0 aliphatic heterocycles. The maximum absolute atomic E-state index is 12.9. The molecule has 3 N–H and O–H groups in total. The van der Waals surface area contributed by atoms with E-state index in [0.717, 1.165) is 16.5 Å². The van der Waals surface area contributed by atoms with Crippen molar-refractivity contribution in [3.63, 3.8) is 0 Å². The zero-order chi connectivity index (χ0) is 19.0. The molecule has 0 saturated carbocycles. The van der Waals surface area contributed by atoms with Crippen LogP contribution < -0.4 is 9.47 Å². The number of ketones is 1. The van der Waals surface area contributed by atoms with Crippen molar-refractivity contribution < 1.29 is 19.4 Å². The van der Waals surface area contributed by atoms with Crippen molar-refractivity contribution in [1.29, 1.82) is 0 Å². The Morgan fingerprint density at radius 2 is 1.81 bits per heavy atom. The number of aromatic nitrogens is 3. The van der Waals surface area contributed by atoms with Crippen molar-refractivity contribution in [3.05, 3.63) is 60.0 Å². The molecular formula is C20H17N3O4. The molecule has 0 fully saturated rings. The lowest BCUT2D eigenvalue weighted by atomic mass is 10.1. The van der Waals surface area contributed by atoms with E-state index < -0.39 is 0 Å². The minimum Gasteiger partial charge on any atom is -0.502 e. The van der Waals surface area contributed by atoms with Gasteiger partial charge in [-0.15, -0.1) is 0 Å². The summed E-state index contributed by atoms with van der Waals surface area (Å²) in [4.78, 5) is 23.5. The minimum absolute atomic E-state index is 0.152. The number of aromatic hydroxyl groups is 1. The fourth-order valence-corrected chi connectivity index (χ4v) is 3.02.